The Morgan fingerprint density at radius 3 is 2.71 bits per heavy atom. The maximum atomic E-state index is 11.9. The Morgan fingerprint density at radius 1 is 1.25 bits per heavy atom. The maximum absolute atomic E-state index is 11.9. The lowest BCUT2D eigenvalue weighted by Crippen LogP contribution is -2.45. The molecule has 1 aromatic heterocycles. The molecule has 0 unspecified atom stereocenters. The molecule has 2 rings (SSSR count). The van der Waals surface area contributed by atoms with Crippen molar-refractivity contribution in [2.24, 2.45) is 5.73 Å². The Hall–Kier alpha value is -2.83. The molecule has 1 atom stereocenters. The molecule has 0 aliphatic rings. The molecule has 4 N–H and O–H groups in total. The van der Waals surface area contributed by atoms with E-state index in [1.807, 2.05) is 24.3 Å². The van der Waals surface area contributed by atoms with E-state index >= 15 is 0 Å². The maximum Gasteiger partial charge on any atom is 0.306 e. The first-order valence-corrected chi connectivity index (χ1v) is 7.80. The molecule has 0 spiro atoms. The third kappa shape index (κ3) is 4.58. The zero-order valence-electron chi connectivity index (χ0n) is 13.5. The second-order valence-electron chi connectivity index (χ2n) is 5.39. The first-order chi connectivity index (χ1) is 11.5. The van der Waals surface area contributed by atoms with Crippen LogP contribution in [0.3, 0.4) is 0 Å². The summed E-state index contributed by atoms with van der Waals surface area (Å²) >= 11 is 0. The van der Waals surface area contributed by atoms with Crippen LogP contribution in [-0.2, 0) is 25.5 Å². The van der Waals surface area contributed by atoms with Crippen molar-refractivity contribution >= 4 is 28.7 Å². The van der Waals surface area contributed by atoms with Crippen LogP contribution in [0.4, 0.5) is 0 Å². The van der Waals surface area contributed by atoms with E-state index in [-0.39, 0.29) is 25.9 Å². The molecule has 0 saturated heterocycles. The van der Waals surface area contributed by atoms with Crippen molar-refractivity contribution in [3.63, 3.8) is 0 Å². The largest absolute Gasteiger partial charge is 0.466 e. The normalized spacial score (nSPS) is 11.9. The predicted octanol–water partition coefficient (Wildman–Crippen LogP) is 1.02. The number of nitrogens with two attached hydrogens (primary N) is 1. The van der Waals surface area contributed by atoms with Crippen LogP contribution in [-0.4, -0.2) is 35.4 Å². The van der Waals surface area contributed by atoms with Crippen molar-refractivity contribution in [3.05, 3.63) is 36.0 Å². The number of aromatic nitrogens is 1. The molecule has 0 fully saturated rings. The fourth-order valence-electron chi connectivity index (χ4n) is 2.46. The van der Waals surface area contributed by atoms with E-state index < -0.39 is 23.8 Å². The predicted molar refractivity (Wildman–Crippen MR) is 89.0 cm³/mol. The fourth-order valence-corrected chi connectivity index (χ4v) is 2.46. The number of benzene rings is 1. The van der Waals surface area contributed by atoms with Gasteiger partial charge in [0.2, 0.25) is 11.8 Å². The zero-order valence-corrected chi connectivity index (χ0v) is 13.5. The molecule has 128 valence electrons. The minimum absolute atomic E-state index is 0.0295. The summed E-state index contributed by atoms with van der Waals surface area (Å²) in [6.07, 6.45) is 2.00. The average molecular weight is 331 g/mol. The monoisotopic (exact) mass is 331 g/mol. The topological polar surface area (TPSA) is 114 Å². The Bertz CT molecular complexity index is 738. The molecule has 0 radical (unpaired) electrons. The van der Waals surface area contributed by atoms with Gasteiger partial charge in [0.25, 0.3) is 0 Å². The minimum atomic E-state index is -0.834. The van der Waals surface area contributed by atoms with Gasteiger partial charge < -0.3 is 20.8 Å². The summed E-state index contributed by atoms with van der Waals surface area (Å²) in [4.78, 5) is 38.0. The van der Waals surface area contributed by atoms with Crippen LogP contribution in [0.25, 0.3) is 10.9 Å². The number of carbonyl (C=O) groups is 3. The molecule has 7 heteroatoms. The standard InChI is InChI=1S/C17H21N3O4/c1-2-24-16(22)8-7-15(21)20-14(17(18)23)9-11-10-19-13-6-4-3-5-12(11)13/h3-6,10,14,19H,2,7-9H2,1H3,(H2,18,23)(H,20,21)/t14-/m1/s1. The van der Waals surface area contributed by atoms with Crippen LogP contribution in [0.15, 0.2) is 30.5 Å². The smallest absolute Gasteiger partial charge is 0.306 e. The van der Waals surface area contributed by atoms with E-state index in [1.54, 1.807) is 13.1 Å². The van der Waals surface area contributed by atoms with E-state index in [4.69, 9.17) is 10.5 Å². The molecule has 2 aromatic rings. The van der Waals surface area contributed by atoms with Gasteiger partial charge in [0.1, 0.15) is 6.04 Å². The number of hydrogen-bond donors (Lipinski definition) is 3. The van der Waals surface area contributed by atoms with Gasteiger partial charge in [-0.25, -0.2) is 0 Å². The van der Waals surface area contributed by atoms with E-state index in [9.17, 15) is 14.4 Å². The number of primary amides is 1. The second-order valence-corrected chi connectivity index (χ2v) is 5.39. The zero-order chi connectivity index (χ0) is 17.5. The van der Waals surface area contributed by atoms with Gasteiger partial charge in [0.05, 0.1) is 13.0 Å². The van der Waals surface area contributed by atoms with E-state index in [2.05, 4.69) is 10.3 Å². The molecule has 0 saturated carbocycles. The summed E-state index contributed by atoms with van der Waals surface area (Å²) in [5.74, 6) is -1.48. The number of aromatic amines is 1. The van der Waals surface area contributed by atoms with Gasteiger partial charge in [-0.2, -0.15) is 0 Å². The quantitative estimate of drug-likeness (QED) is 0.627. The molecule has 24 heavy (non-hydrogen) atoms. The minimum Gasteiger partial charge on any atom is -0.466 e. The highest BCUT2D eigenvalue weighted by Crippen LogP contribution is 2.19. The van der Waals surface area contributed by atoms with Crippen molar-refractivity contribution in [2.45, 2.75) is 32.2 Å². The summed E-state index contributed by atoms with van der Waals surface area (Å²) in [6, 6.07) is 6.83. The number of ether oxygens (including phenoxy) is 1. The van der Waals surface area contributed by atoms with Gasteiger partial charge in [-0.3, -0.25) is 14.4 Å². The number of carbonyl (C=O) groups excluding carboxylic acids is 3. The van der Waals surface area contributed by atoms with Crippen molar-refractivity contribution in [1.29, 1.82) is 0 Å². The first kappa shape index (κ1) is 17.5. The highest BCUT2D eigenvalue weighted by atomic mass is 16.5. The first-order valence-electron chi connectivity index (χ1n) is 7.80. The summed E-state index contributed by atoms with van der Waals surface area (Å²) in [6.45, 7) is 1.97. The molecule has 7 nitrogen and oxygen atoms in total. The molecular weight excluding hydrogens is 310 g/mol. The summed E-state index contributed by atoms with van der Waals surface area (Å²) in [5, 5.41) is 3.56. The lowest BCUT2D eigenvalue weighted by molar-refractivity contribution is -0.144. The highest BCUT2D eigenvalue weighted by molar-refractivity contribution is 5.89. The van der Waals surface area contributed by atoms with Gasteiger partial charge >= 0.3 is 5.97 Å². The summed E-state index contributed by atoms with van der Waals surface area (Å²) < 4.78 is 4.76. The third-order valence-corrected chi connectivity index (χ3v) is 3.64. The number of nitrogens with one attached hydrogen (secondary N) is 2. The van der Waals surface area contributed by atoms with Crippen molar-refractivity contribution in [1.82, 2.24) is 10.3 Å². The van der Waals surface area contributed by atoms with Crippen LogP contribution in [0.1, 0.15) is 25.3 Å². The SMILES string of the molecule is CCOC(=O)CCC(=O)N[C@H](Cc1c[nH]c2ccccc12)C(N)=O. The number of hydrogen-bond acceptors (Lipinski definition) is 4. The van der Waals surface area contributed by atoms with Crippen LogP contribution in [0, 0.1) is 0 Å². The van der Waals surface area contributed by atoms with Crippen molar-refractivity contribution < 1.29 is 19.1 Å². The summed E-state index contributed by atoms with van der Waals surface area (Å²) in [5.41, 5.74) is 7.23. The molecule has 1 aromatic carbocycles. The summed E-state index contributed by atoms with van der Waals surface area (Å²) in [7, 11) is 0. The molecule has 2 amide bonds. The Kier molecular flexibility index (Phi) is 5.95. The Labute approximate surface area is 139 Å². The molecule has 0 bridgehead atoms. The molecule has 0 aliphatic carbocycles. The van der Waals surface area contributed by atoms with Gasteiger partial charge in [-0.15, -0.1) is 0 Å². The van der Waals surface area contributed by atoms with E-state index in [0.717, 1.165) is 16.5 Å². The number of para-hydroxylation sites is 1. The van der Waals surface area contributed by atoms with Gasteiger partial charge in [0.15, 0.2) is 0 Å². The average Bonchev–Trinajstić information content (AvgIpc) is 2.96. The van der Waals surface area contributed by atoms with Gasteiger partial charge in [-0.1, -0.05) is 18.2 Å². The lowest BCUT2D eigenvalue weighted by atomic mass is 10.0. The number of amides is 2. The van der Waals surface area contributed by atoms with Gasteiger partial charge in [-0.05, 0) is 18.6 Å². The van der Waals surface area contributed by atoms with Crippen LogP contribution < -0.4 is 11.1 Å². The highest BCUT2D eigenvalue weighted by Gasteiger charge is 2.20. The van der Waals surface area contributed by atoms with E-state index in [0.29, 0.717) is 0 Å². The van der Waals surface area contributed by atoms with Crippen LogP contribution in [0.5, 0.6) is 0 Å². The third-order valence-electron chi connectivity index (χ3n) is 3.64. The number of fused-ring (bicyclic) bond motifs is 1. The van der Waals surface area contributed by atoms with Gasteiger partial charge in [0, 0.05) is 29.9 Å². The lowest BCUT2D eigenvalue weighted by Gasteiger charge is -2.15. The van der Waals surface area contributed by atoms with Crippen LogP contribution >= 0.6 is 0 Å². The number of esters is 1. The van der Waals surface area contributed by atoms with Crippen molar-refractivity contribution in [3.8, 4) is 0 Å². The van der Waals surface area contributed by atoms with Crippen LogP contribution in [0.2, 0.25) is 0 Å². The second kappa shape index (κ2) is 8.14. The molecule has 1 heterocycles. The molecule has 0 aliphatic heterocycles. The van der Waals surface area contributed by atoms with Crippen molar-refractivity contribution in [2.75, 3.05) is 6.61 Å². The number of rotatable bonds is 8. The Balaban J connectivity index is 1.98. The van der Waals surface area contributed by atoms with E-state index in [1.165, 1.54) is 0 Å². The fraction of sp³-hybridized carbons (Fsp3) is 0.353. The Morgan fingerprint density at radius 2 is 2.00 bits per heavy atom. The molecular formula is C17H21N3O4. The number of H-pyrrole nitrogens is 1.